The Balaban J connectivity index is 2.79. The van der Waals surface area contributed by atoms with E-state index >= 15 is 0 Å². The van der Waals surface area contributed by atoms with Crippen molar-refractivity contribution in [3.63, 3.8) is 0 Å². The molecule has 0 radical (unpaired) electrons. The van der Waals surface area contributed by atoms with Crippen molar-refractivity contribution in [3.05, 3.63) is 27.7 Å². The number of halogens is 2. The van der Waals surface area contributed by atoms with Crippen LogP contribution in [0.5, 0.6) is 0 Å². The molecule has 0 aliphatic carbocycles. The zero-order valence-corrected chi connectivity index (χ0v) is 8.82. The summed E-state index contributed by atoms with van der Waals surface area (Å²) in [4.78, 5) is 10.8. The van der Waals surface area contributed by atoms with Gasteiger partial charge in [0, 0.05) is 10.2 Å². The number of carbonyl (C=O) groups excluding carboxylic acids is 1. The molecule has 4 N–H and O–H groups in total. The maximum atomic E-state index is 10.8. The van der Waals surface area contributed by atoms with E-state index in [0.29, 0.717) is 10.7 Å². The van der Waals surface area contributed by atoms with Crippen LogP contribution in [0, 0.1) is 0 Å². The van der Waals surface area contributed by atoms with Gasteiger partial charge in [0.1, 0.15) is 0 Å². The highest BCUT2D eigenvalue weighted by Gasteiger charge is 2.01. The lowest BCUT2D eigenvalue weighted by atomic mass is 10.3. The molecule has 0 saturated carbocycles. The number of anilines is 1. The monoisotopic (exact) mass is 263 g/mol. The molecular formula is C7H7BrClN3O. The molecular weight excluding hydrogens is 257 g/mol. The molecule has 0 aliphatic rings. The predicted octanol–water partition coefficient (Wildman–Crippen LogP) is 2.10. The Bertz CT molecular complexity index is 332. The minimum atomic E-state index is -0.488. The lowest BCUT2D eigenvalue weighted by Gasteiger charge is -2.04. The molecule has 0 unspecified atom stereocenters. The maximum absolute atomic E-state index is 10.8. The van der Waals surface area contributed by atoms with Crippen LogP contribution in [0.25, 0.3) is 0 Å². The van der Waals surface area contributed by atoms with E-state index in [1.165, 1.54) is 0 Å². The number of urea groups is 1. The van der Waals surface area contributed by atoms with Gasteiger partial charge in [0.25, 0.3) is 0 Å². The van der Waals surface area contributed by atoms with Gasteiger partial charge in [0.2, 0.25) is 0 Å². The lowest BCUT2D eigenvalue weighted by Crippen LogP contribution is -2.34. The van der Waals surface area contributed by atoms with Crippen LogP contribution in [0.3, 0.4) is 0 Å². The van der Waals surface area contributed by atoms with Crippen LogP contribution in [0.1, 0.15) is 0 Å². The summed E-state index contributed by atoms with van der Waals surface area (Å²) in [5.74, 6) is 4.88. The second kappa shape index (κ2) is 4.45. The Labute approximate surface area is 88.5 Å². The van der Waals surface area contributed by atoms with E-state index in [4.69, 9.17) is 17.4 Å². The molecule has 6 heteroatoms. The summed E-state index contributed by atoms with van der Waals surface area (Å²) in [6.07, 6.45) is 0. The Morgan fingerprint density at radius 1 is 1.54 bits per heavy atom. The van der Waals surface area contributed by atoms with Gasteiger partial charge in [-0.15, -0.1) is 0 Å². The average molecular weight is 265 g/mol. The van der Waals surface area contributed by atoms with E-state index < -0.39 is 6.03 Å². The van der Waals surface area contributed by atoms with E-state index in [2.05, 4.69) is 21.2 Å². The van der Waals surface area contributed by atoms with Crippen LogP contribution in [-0.4, -0.2) is 6.03 Å². The first kappa shape index (κ1) is 10.3. The van der Waals surface area contributed by atoms with Crippen molar-refractivity contribution >= 4 is 39.2 Å². The largest absolute Gasteiger partial charge is 0.333 e. The van der Waals surface area contributed by atoms with Crippen LogP contribution in [0.4, 0.5) is 10.5 Å². The van der Waals surface area contributed by atoms with Gasteiger partial charge < -0.3 is 5.32 Å². The van der Waals surface area contributed by atoms with Gasteiger partial charge in [0.05, 0.1) is 5.02 Å². The van der Waals surface area contributed by atoms with Crippen LogP contribution in [0.15, 0.2) is 22.7 Å². The second-order valence-corrected chi connectivity index (χ2v) is 3.49. The molecule has 0 atom stereocenters. The first-order valence-electron chi connectivity index (χ1n) is 3.36. The lowest BCUT2D eigenvalue weighted by molar-refractivity contribution is 0.252. The van der Waals surface area contributed by atoms with E-state index in [9.17, 15) is 4.79 Å². The SMILES string of the molecule is NNC(=O)Nc1ccc(Br)c(Cl)c1. The van der Waals surface area contributed by atoms with Crippen LogP contribution in [-0.2, 0) is 0 Å². The van der Waals surface area contributed by atoms with Gasteiger partial charge in [-0.25, -0.2) is 10.6 Å². The number of hydrazine groups is 1. The standard InChI is InChI=1S/C7H7BrClN3O/c8-5-2-1-4(3-6(5)9)11-7(13)12-10/h1-3H,10H2,(H2,11,12,13). The highest BCUT2D eigenvalue weighted by Crippen LogP contribution is 2.25. The van der Waals surface area contributed by atoms with E-state index in [-0.39, 0.29) is 0 Å². The molecule has 0 aromatic heterocycles. The van der Waals surface area contributed by atoms with Gasteiger partial charge in [-0.05, 0) is 34.1 Å². The molecule has 0 saturated heterocycles. The summed E-state index contributed by atoms with van der Waals surface area (Å²) < 4.78 is 0.771. The van der Waals surface area contributed by atoms with Crippen molar-refractivity contribution < 1.29 is 4.79 Å². The van der Waals surface area contributed by atoms with Crippen LogP contribution >= 0.6 is 27.5 Å². The predicted molar refractivity (Wildman–Crippen MR) is 55.5 cm³/mol. The zero-order valence-electron chi connectivity index (χ0n) is 6.47. The number of amides is 2. The van der Waals surface area contributed by atoms with Crippen molar-refractivity contribution in [1.29, 1.82) is 0 Å². The summed E-state index contributed by atoms with van der Waals surface area (Å²) in [5, 5.41) is 3.00. The van der Waals surface area contributed by atoms with Crippen molar-refractivity contribution in [2.24, 2.45) is 5.84 Å². The Hall–Kier alpha value is -0.780. The van der Waals surface area contributed by atoms with Crippen LogP contribution < -0.4 is 16.6 Å². The molecule has 1 rings (SSSR count). The zero-order chi connectivity index (χ0) is 9.84. The van der Waals surface area contributed by atoms with Crippen molar-refractivity contribution in [2.75, 3.05) is 5.32 Å². The summed E-state index contributed by atoms with van der Waals surface area (Å²) in [5.41, 5.74) is 2.52. The van der Waals surface area contributed by atoms with Crippen molar-refractivity contribution in [3.8, 4) is 0 Å². The quantitative estimate of drug-likeness (QED) is 0.413. The van der Waals surface area contributed by atoms with E-state index in [0.717, 1.165) is 4.47 Å². The fourth-order valence-electron chi connectivity index (χ4n) is 0.741. The minimum absolute atomic E-state index is 0.488. The third-order valence-corrected chi connectivity index (χ3v) is 2.54. The fourth-order valence-corrected chi connectivity index (χ4v) is 1.17. The number of nitrogens with one attached hydrogen (secondary N) is 2. The number of hydrogen-bond acceptors (Lipinski definition) is 2. The number of benzene rings is 1. The number of carbonyl (C=O) groups is 1. The minimum Gasteiger partial charge on any atom is -0.307 e. The summed E-state index contributed by atoms with van der Waals surface area (Å²) in [6, 6.07) is 4.55. The third-order valence-electron chi connectivity index (χ3n) is 1.31. The molecule has 1 aromatic carbocycles. The van der Waals surface area contributed by atoms with E-state index in [1.54, 1.807) is 18.2 Å². The number of nitrogens with two attached hydrogens (primary N) is 1. The first-order valence-corrected chi connectivity index (χ1v) is 4.53. The second-order valence-electron chi connectivity index (χ2n) is 2.23. The third kappa shape index (κ3) is 2.87. The van der Waals surface area contributed by atoms with Crippen molar-refractivity contribution in [2.45, 2.75) is 0 Å². The molecule has 13 heavy (non-hydrogen) atoms. The summed E-state index contributed by atoms with van der Waals surface area (Å²) >= 11 is 9.02. The molecule has 2 amide bonds. The topological polar surface area (TPSA) is 67.1 Å². The van der Waals surface area contributed by atoms with Crippen molar-refractivity contribution in [1.82, 2.24) is 5.43 Å². The van der Waals surface area contributed by atoms with Gasteiger partial charge in [-0.3, -0.25) is 5.43 Å². The average Bonchev–Trinajstić information content (AvgIpc) is 2.11. The summed E-state index contributed by atoms with van der Waals surface area (Å²) in [6.45, 7) is 0. The highest BCUT2D eigenvalue weighted by molar-refractivity contribution is 9.10. The van der Waals surface area contributed by atoms with E-state index in [1.807, 2.05) is 5.43 Å². The molecule has 1 aromatic rings. The number of hydrogen-bond donors (Lipinski definition) is 3. The molecule has 0 heterocycles. The maximum Gasteiger partial charge on any atom is 0.333 e. The highest BCUT2D eigenvalue weighted by atomic mass is 79.9. The molecule has 0 aliphatic heterocycles. The Morgan fingerprint density at radius 2 is 2.23 bits per heavy atom. The first-order chi connectivity index (χ1) is 6.13. The normalized spacial score (nSPS) is 9.46. The van der Waals surface area contributed by atoms with Gasteiger partial charge in [-0.1, -0.05) is 11.6 Å². The molecule has 4 nitrogen and oxygen atoms in total. The van der Waals surface area contributed by atoms with Gasteiger partial charge in [-0.2, -0.15) is 0 Å². The molecule has 0 spiro atoms. The fraction of sp³-hybridized carbons (Fsp3) is 0. The van der Waals surface area contributed by atoms with Gasteiger partial charge in [0.15, 0.2) is 0 Å². The molecule has 0 bridgehead atoms. The smallest absolute Gasteiger partial charge is 0.307 e. The summed E-state index contributed by atoms with van der Waals surface area (Å²) in [7, 11) is 0. The van der Waals surface area contributed by atoms with Crippen LogP contribution in [0.2, 0.25) is 5.02 Å². The Morgan fingerprint density at radius 3 is 2.77 bits per heavy atom. The van der Waals surface area contributed by atoms with Gasteiger partial charge >= 0.3 is 6.03 Å². The molecule has 70 valence electrons. The Kier molecular flexibility index (Phi) is 3.53. The number of rotatable bonds is 1. The molecule has 0 fully saturated rings.